The molecule has 13 rings (SSSR count). The standard InChI is InChI=1S/C66H49N5O.Pt/c1-44(66(2,3)4)47-37-38-67-63(39-47)71-58-34-16-13-29-55(58)64-61(70-56-32-14-11-27-53(56)54-28-12-15-33-57(54)70)41-50(42-62(64)71)72-49-26-19-25-48(40-49)68-43-69(60-36-18-17-35-59(60)68)65-51(45-21-7-5-8-22-45)30-20-31-52(65)46-23-9-6-10-24-46;/h5-39,41,44H,1-4H3;/q-2;/i11D,12D,14D,15D,27D,28D,32D,33D;. The second-order valence-corrected chi connectivity index (χ2v) is 19.1. The Morgan fingerprint density at radius 1 is 0.589 bits per heavy atom. The Morgan fingerprint density at radius 3 is 1.89 bits per heavy atom. The van der Waals surface area contributed by atoms with E-state index >= 15 is 0 Å². The number of pyridine rings is 1. The van der Waals surface area contributed by atoms with Gasteiger partial charge in [-0.05, 0) is 86.2 Å². The second-order valence-electron chi connectivity index (χ2n) is 19.1. The van der Waals surface area contributed by atoms with Gasteiger partial charge in [-0.2, -0.15) is 12.1 Å². The zero-order valence-corrected chi connectivity index (χ0v) is 42.5. The van der Waals surface area contributed by atoms with Gasteiger partial charge in [0.25, 0.3) is 6.33 Å². The van der Waals surface area contributed by atoms with Crippen LogP contribution in [0.1, 0.15) is 50.1 Å². The molecule has 0 N–H and O–H groups in total. The van der Waals surface area contributed by atoms with E-state index in [0.717, 1.165) is 55.4 Å². The normalized spacial score (nSPS) is 13.8. The molecule has 1 unspecified atom stereocenters. The first kappa shape index (κ1) is 37.5. The fraction of sp³-hybridized carbons (Fsp3) is 0.0909. The Labute approximate surface area is 450 Å². The summed E-state index contributed by atoms with van der Waals surface area (Å²) in [5.74, 6) is 1.22. The maximum Gasteiger partial charge on any atom is 0.268 e. The van der Waals surface area contributed by atoms with Gasteiger partial charge in [-0.25, -0.2) is 4.98 Å². The Morgan fingerprint density at radius 2 is 1.21 bits per heavy atom. The molecule has 0 amide bonds. The third-order valence-corrected chi connectivity index (χ3v) is 13.9. The zero-order valence-electron chi connectivity index (χ0n) is 48.2. The summed E-state index contributed by atoms with van der Waals surface area (Å²) in [6.07, 6.45) is 5.51. The minimum atomic E-state index is -0.526. The van der Waals surface area contributed by atoms with Crippen molar-refractivity contribution in [1.82, 2.24) is 18.7 Å². The minimum absolute atomic E-state index is 0. The summed E-state index contributed by atoms with van der Waals surface area (Å²) < 4.78 is 87.5. The van der Waals surface area contributed by atoms with Crippen LogP contribution in [0.2, 0.25) is 0 Å². The molecule has 356 valence electrons. The molecule has 0 spiro atoms. The van der Waals surface area contributed by atoms with E-state index in [1.807, 2.05) is 106 Å². The van der Waals surface area contributed by atoms with Crippen molar-refractivity contribution in [2.24, 2.45) is 5.41 Å². The summed E-state index contributed by atoms with van der Waals surface area (Å²) in [6, 6.07) is 57.7. The molecule has 6 nitrogen and oxygen atoms in total. The van der Waals surface area contributed by atoms with E-state index in [0.29, 0.717) is 33.8 Å². The molecule has 0 fully saturated rings. The first-order valence-electron chi connectivity index (χ1n) is 28.0. The number of nitrogens with zero attached hydrogens (tertiary/aromatic N) is 5. The van der Waals surface area contributed by atoms with Crippen molar-refractivity contribution in [2.75, 3.05) is 0 Å². The maximum atomic E-state index is 9.49. The number of aromatic nitrogens is 5. The van der Waals surface area contributed by atoms with Crippen molar-refractivity contribution >= 4 is 54.6 Å². The average molecular weight is 1130 g/mol. The number of fused-ring (bicyclic) bond motifs is 7. The van der Waals surface area contributed by atoms with Gasteiger partial charge in [-0.1, -0.05) is 196 Å². The number of ether oxygens (including phenoxy) is 1. The van der Waals surface area contributed by atoms with Crippen LogP contribution in [0.15, 0.2) is 218 Å². The molecule has 73 heavy (non-hydrogen) atoms. The predicted molar refractivity (Wildman–Crippen MR) is 293 cm³/mol. The van der Waals surface area contributed by atoms with E-state index in [-0.39, 0.29) is 60.0 Å². The number of rotatable bonds is 9. The van der Waals surface area contributed by atoms with Gasteiger partial charge in [0.1, 0.15) is 5.82 Å². The summed E-state index contributed by atoms with van der Waals surface area (Å²) >= 11 is 0. The van der Waals surface area contributed by atoms with Crippen molar-refractivity contribution in [2.45, 2.75) is 33.6 Å². The van der Waals surface area contributed by atoms with Crippen LogP contribution >= 0.6 is 0 Å². The van der Waals surface area contributed by atoms with Crippen LogP contribution in [0.4, 0.5) is 0 Å². The molecule has 0 bridgehead atoms. The molecule has 7 heteroatoms. The van der Waals surface area contributed by atoms with E-state index < -0.39 is 48.3 Å². The van der Waals surface area contributed by atoms with E-state index in [1.165, 1.54) is 0 Å². The molecule has 4 aromatic heterocycles. The number of imidazole rings is 1. The van der Waals surface area contributed by atoms with Gasteiger partial charge >= 0.3 is 0 Å². The fourth-order valence-electron chi connectivity index (χ4n) is 10.1. The second kappa shape index (κ2) is 18.4. The number of benzene rings is 9. The van der Waals surface area contributed by atoms with Crippen LogP contribution in [0.25, 0.3) is 99.8 Å². The largest absolute Gasteiger partial charge is 0.510 e. The number of hydrogen-bond acceptors (Lipinski definition) is 2. The van der Waals surface area contributed by atoms with Gasteiger partial charge < -0.3 is 18.4 Å². The van der Waals surface area contributed by atoms with Gasteiger partial charge in [-0.15, -0.1) is 24.3 Å². The molecule has 0 saturated carbocycles. The van der Waals surface area contributed by atoms with Gasteiger partial charge in [0.2, 0.25) is 0 Å². The van der Waals surface area contributed by atoms with Crippen molar-refractivity contribution in [3.05, 3.63) is 242 Å². The van der Waals surface area contributed by atoms with Crippen LogP contribution in [0.3, 0.4) is 0 Å². The Hall–Kier alpha value is -8.31. The Bertz CT molecular complexity index is 4550. The third kappa shape index (κ3) is 7.85. The monoisotopic (exact) mass is 1130 g/mol. The molecule has 4 heterocycles. The SMILES string of the molecule is [2H]c1c([2H])c([2H])c2c(c1[2H])c1c([2H])c([2H])c([2H])c([2H])c1n2-c1cc(Oc2[c-]c(-n3[c-][n+](-c4c(-c5ccccc5)cccc4-c4ccccc4)c4ccccc43)ccc2)[c-]c2c1c1ccccc1n2-c1cc(C(C)C(C)(C)C)ccn1.[Pt]. The topological polar surface area (TPSA) is 40.8 Å². The predicted octanol–water partition coefficient (Wildman–Crippen LogP) is 16.2. The van der Waals surface area contributed by atoms with Crippen molar-refractivity contribution < 1.29 is 41.3 Å². The van der Waals surface area contributed by atoms with Crippen molar-refractivity contribution in [3.63, 3.8) is 0 Å². The van der Waals surface area contributed by atoms with Gasteiger partial charge in [0.05, 0.1) is 38.7 Å². The third-order valence-electron chi connectivity index (χ3n) is 13.9. The maximum absolute atomic E-state index is 9.49. The summed E-state index contributed by atoms with van der Waals surface area (Å²) in [5.41, 5.74) is 10.0. The van der Waals surface area contributed by atoms with Crippen molar-refractivity contribution in [1.29, 1.82) is 0 Å². The van der Waals surface area contributed by atoms with E-state index in [4.69, 9.17) is 15.2 Å². The van der Waals surface area contributed by atoms with E-state index in [1.54, 1.807) is 22.9 Å². The average Bonchev–Trinajstić information content (AvgIpc) is 4.32. The molecule has 1 atom stereocenters. The van der Waals surface area contributed by atoms with E-state index in [2.05, 4.69) is 105 Å². The first-order chi connectivity index (χ1) is 38.6. The van der Waals surface area contributed by atoms with Crippen LogP contribution in [-0.4, -0.2) is 18.7 Å². The van der Waals surface area contributed by atoms with Crippen LogP contribution in [0, 0.1) is 23.9 Å². The quantitative estimate of drug-likeness (QED) is 0.107. The molecular weight excluding hydrogens is 1070 g/mol. The first-order valence-corrected chi connectivity index (χ1v) is 24.0. The summed E-state index contributed by atoms with van der Waals surface area (Å²) in [4.78, 5) is 4.97. The molecule has 9 aromatic carbocycles. The summed E-state index contributed by atoms with van der Waals surface area (Å²) in [7, 11) is 0. The Balaban J connectivity index is 0.00000651. The van der Waals surface area contributed by atoms with Crippen LogP contribution in [-0.2, 0) is 21.1 Å². The smallest absolute Gasteiger partial charge is 0.268 e. The molecule has 13 aromatic rings. The van der Waals surface area contributed by atoms with Gasteiger partial charge in [-0.3, -0.25) is 4.57 Å². The van der Waals surface area contributed by atoms with Gasteiger partial charge in [0, 0.05) is 55.1 Å². The van der Waals surface area contributed by atoms with Crippen LogP contribution in [0.5, 0.6) is 11.5 Å². The number of hydrogen-bond donors (Lipinski definition) is 0. The molecule has 0 aliphatic heterocycles. The zero-order chi connectivity index (χ0) is 55.5. The summed E-state index contributed by atoms with van der Waals surface area (Å²) in [5, 5.41) is 1.23. The fourth-order valence-corrected chi connectivity index (χ4v) is 10.1. The summed E-state index contributed by atoms with van der Waals surface area (Å²) in [6.45, 7) is 8.79. The molecule has 0 aliphatic carbocycles. The molecule has 0 radical (unpaired) electrons. The van der Waals surface area contributed by atoms with Gasteiger partial charge in [0.15, 0.2) is 0 Å². The van der Waals surface area contributed by atoms with E-state index in [9.17, 15) is 5.48 Å². The minimum Gasteiger partial charge on any atom is -0.510 e. The molecule has 0 saturated heterocycles. The Kier molecular flexibility index (Phi) is 9.43. The number of para-hydroxylation sites is 6. The van der Waals surface area contributed by atoms with Crippen LogP contribution < -0.4 is 9.30 Å². The molecule has 0 aliphatic rings. The molecular formula is C66H49N5OPt-2. The van der Waals surface area contributed by atoms with Crippen molar-refractivity contribution in [3.8, 4) is 56.6 Å².